The number of benzene rings is 1. The minimum atomic E-state index is -3.27. The molecule has 20 heavy (non-hydrogen) atoms. The van der Waals surface area contributed by atoms with Crippen LogP contribution in [0.4, 0.5) is 0 Å². The second kappa shape index (κ2) is 6.69. The molecule has 1 N–H and O–H groups in total. The molecule has 0 aliphatic carbocycles. The Balaban J connectivity index is 2.89. The molecule has 0 aliphatic rings. The zero-order valence-electron chi connectivity index (χ0n) is 11.0. The summed E-state index contributed by atoms with van der Waals surface area (Å²) in [5.41, 5.74) is -0.149. The van der Waals surface area contributed by atoms with Gasteiger partial charge in [-0.15, -0.1) is 0 Å². The fourth-order valence-corrected chi connectivity index (χ4v) is 4.26. The first-order valence-electron chi connectivity index (χ1n) is 5.78. The quantitative estimate of drug-likeness (QED) is 0.856. The molecule has 8 heteroatoms. The molecule has 0 aliphatic heterocycles. The second-order valence-corrected chi connectivity index (χ2v) is 9.07. The first kappa shape index (κ1) is 17.1. The summed E-state index contributed by atoms with van der Waals surface area (Å²) >= 11 is 5.71. The highest BCUT2D eigenvalue weighted by Gasteiger charge is 2.19. The van der Waals surface area contributed by atoms with Crippen molar-refractivity contribution in [3.8, 4) is 0 Å². The molecule has 0 amide bonds. The Morgan fingerprint density at radius 3 is 2.50 bits per heavy atom. The third-order valence-corrected chi connectivity index (χ3v) is 6.85. The van der Waals surface area contributed by atoms with Gasteiger partial charge < -0.3 is 5.11 Å². The minimum Gasteiger partial charge on any atom is -0.478 e. The molecule has 5 nitrogen and oxygen atoms in total. The Kier molecular flexibility index (Phi) is 5.73. The largest absolute Gasteiger partial charge is 0.478 e. The molecule has 1 aromatic rings. The van der Waals surface area contributed by atoms with E-state index < -0.39 is 31.9 Å². The van der Waals surface area contributed by atoms with Gasteiger partial charge in [-0.2, -0.15) is 0 Å². The predicted molar refractivity (Wildman–Crippen MR) is 78.6 cm³/mol. The van der Waals surface area contributed by atoms with Gasteiger partial charge in [0.2, 0.25) is 0 Å². The lowest BCUT2D eigenvalue weighted by atomic mass is 10.2. The normalized spacial score (nSPS) is 13.4. The predicted octanol–water partition coefficient (Wildman–Crippen LogP) is 1.97. The van der Waals surface area contributed by atoms with E-state index in [0.717, 1.165) is 0 Å². The van der Waals surface area contributed by atoms with Crippen LogP contribution in [0.1, 0.15) is 24.2 Å². The van der Waals surface area contributed by atoms with Crippen molar-refractivity contribution in [2.45, 2.75) is 24.0 Å². The van der Waals surface area contributed by atoms with Gasteiger partial charge in [0.05, 0.1) is 32.4 Å². The minimum absolute atomic E-state index is 0.0491. The molecule has 0 radical (unpaired) electrons. The van der Waals surface area contributed by atoms with Crippen LogP contribution in [0, 0.1) is 0 Å². The average Bonchev–Trinajstić information content (AvgIpc) is 2.36. The maximum absolute atomic E-state index is 12.0. The third kappa shape index (κ3) is 4.29. The summed E-state index contributed by atoms with van der Waals surface area (Å²) in [7, 11) is -4.85. The van der Waals surface area contributed by atoms with E-state index in [4.69, 9.17) is 16.7 Å². The fourth-order valence-electron chi connectivity index (χ4n) is 1.36. The number of hydrogen-bond acceptors (Lipinski definition) is 4. The van der Waals surface area contributed by atoms with Gasteiger partial charge in [0.15, 0.2) is 9.84 Å². The van der Waals surface area contributed by atoms with Gasteiger partial charge in [-0.25, -0.2) is 13.2 Å². The number of carbonyl (C=O) groups is 1. The van der Waals surface area contributed by atoms with E-state index in [1.807, 2.05) is 0 Å². The monoisotopic (exact) mass is 338 g/mol. The Morgan fingerprint density at radius 2 is 2.00 bits per heavy atom. The number of aromatic carboxylic acids is 1. The summed E-state index contributed by atoms with van der Waals surface area (Å²) in [6.45, 7) is 3.12. The summed E-state index contributed by atoms with van der Waals surface area (Å²) in [6, 6.07) is 3.99. The van der Waals surface area contributed by atoms with Gasteiger partial charge in [0.25, 0.3) is 0 Å². The van der Waals surface area contributed by atoms with E-state index in [-0.39, 0.29) is 27.0 Å². The molecule has 0 heterocycles. The third-order valence-electron chi connectivity index (χ3n) is 2.70. The van der Waals surface area contributed by atoms with Gasteiger partial charge in [-0.3, -0.25) is 4.21 Å². The van der Waals surface area contributed by atoms with Gasteiger partial charge >= 0.3 is 5.97 Å². The maximum Gasteiger partial charge on any atom is 0.337 e. The van der Waals surface area contributed by atoms with Crippen molar-refractivity contribution in [2.75, 3.05) is 11.5 Å². The van der Waals surface area contributed by atoms with Crippen LogP contribution in [0.2, 0.25) is 5.02 Å². The van der Waals surface area contributed by atoms with Crippen LogP contribution in [0.25, 0.3) is 0 Å². The summed E-state index contributed by atoms with van der Waals surface area (Å²) in [4.78, 5) is 11.2. The number of rotatable bonds is 6. The van der Waals surface area contributed by atoms with E-state index in [9.17, 15) is 17.4 Å². The van der Waals surface area contributed by atoms with Crippen molar-refractivity contribution in [1.82, 2.24) is 0 Å². The molecule has 112 valence electrons. The SMILES string of the molecule is CC(C)S(=O)(=O)CCS(=O)c1ccc(Cl)c(C(=O)O)c1. The molecule has 0 fully saturated rings. The summed E-state index contributed by atoms with van der Waals surface area (Å²) in [5.74, 6) is -1.49. The standard InChI is InChI=1S/C12H15ClO5S2/c1-8(2)20(17,18)6-5-19(16)9-3-4-11(13)10(7-9)12(14)15/h3-4,7-8H,5-6H2,1-2H3,(H,14,15). The maximum atomic E-state index is 12.0. The first-order chi connectivity index (χ1) is 9.15. The molecule has 0 saturated carbocycles. The zero-order chi connectivity index (χ0) is 15.5. The Hall–Kier alpha value is -0.920. The summed E-state index contributed by atoms with van der Waals surface area (Å²) in [5, 5.41) is 8.45. The molecule has 0 aromatic heterocycles. The van der Waals surface area contributed by atoms with E-state index in [1.165, 1.54) is 18.2 Å². The molecular weight excluding hydrogens is 324 g/mol. The molecule has 1 aromatic carbocycles. The van der Waals surface area contributed by atoms with Gasteiger partial charge in [-0.05, 0) is 32.0 Å². The number of hydrogen-bond donors (Lipinski definition) is 1. The van der Waals surface area contributed by atoms with Crippen LogP contribution in [-0.4, -0.2) is 40.5 Å². The van der Waals surface area contributed by atoms with Crippen LogP contribution < -0.4 is 0 Å². The van der Waals surface area contributed by atoms with E-state index in [2.05, 4.69) is 0 Å². The van der Waals surface area contributed by atoms with Crippen LogP contribution in [0.3, 0.4) is 0 Å². The lowest BCUT2D eigenvalue weighted by molar-refractivity contribution is 0.0697. The average molecular weight is 339 g/mol. The van der Waals surface area contributed by atoms with Crippen molar-refractivity contribution in [3.63, 3.8) is 0 Å². The lowest BCUT2D eigenvalue weighted by Gasteiger charge is -2.08. The summed E-state index contributed by atoms with van der Waals surface area (Å²) in [6.07, 6.45) is 0. The molecule has 0 saturated heterocycles. The van der Waals surface area contributed by atoms with Gasteiger partial charge in [0, 0.05) is 10.6 Å². The lowest BCUT2D eigenvalue weighted by Crippen LogP contribution is -2.21. The Labute approximate surface area is 125 Å². The second-order valence-electron chi connectivity index (χ2n) is 4.41. The zero-order valence-corrected chi connectivity index (χ0v) is 13.4. The van der Waals surface area contributed by atoms with Crippen molar-refractivity contribution in [2.24, 2.45) is 0 Å². The topological polar surface area (TPSA) is 88.5 Å². The van der Waals surface area contributed by atoms with Gasteiger partial charge in [-0.1, -0.05) is 11.6 Å². The molecule has 0 spiro atoms. The van der Waals surface area contributed by atoms with Crippen LogP contribution in [0.5, 0.6) is 0 Å². The number of halogens is 1. The number of carboxylic acid groups (broad SMARTS) is 1. The number of carboxylic acids is 1. The Bertz CT molecular complexity index is 637. The highest BCUT2D eigenvalue weighted by atomic mass is 35.5. The molecule has 0 bridgehead atoms. The molecular formula is C12H15ClO5S2. The van der Waals surface area contributed by atoms with Crippen molar-refractivity contribution in [3.05, 3.63) is 28.8 Å². The summed E-state index contributed by atoms with van der Waals surface area (Å²) < 4.78 is 35.3. The molecule has 1 unspecified atom stereocenters. The van der Waals surface area contributed by atoms with Crippen molar-refractivity contribution >= 4 is 38.2 Å². The fraction of sp³-hybridized carbons (Fsp3) is 0.417. The molecule has 1 atom stereocenters. The van der Waals surface area contributed by atoms with Crippen molar-refractivity contribution in [1.29, 1.82) is 0 Å². The van der Waals surface area contributed by atoms with Crippen LogP contribution in [0.15, 0.2) is 23.1 Å². The number of sulfone groups is 1. The van der Waals surface area contributed by atoms with Crippen molar-refractivity contribution < 1.29 is 22.5 Å². The van der Waals surface area contributed by atoms with Gasteiger partial charge in [0.1, 0.15) is 0 Å². The van der Waals surface area contributed by atoms with Crippen LogP contribution in [-0.2, 0) is 20.6 Å². The highest BCUT2D eigenvalue weighted by molar-refractivity contribution is 7.93. The molecule has 1 rings (SSSR count). The highest BCUT2D eigenvalue weighted by Crippen LogP contribution is 2.20. The van der Waals surface area contributed by atoms with E-state index >= 15 is 0 Å². The first-order valence-corrected chi connectivity index (χ1v) is 9.19. The van der Waals surface area contributed by atoms with E-state index in [0.29, 0.717) is 0 Å². The van der Waals surface area contributed by atoms with Crippen LogP contribution >= 0.6 is 11.6 Å². The smallest absolute Gasteiger partial charge is 0.337 e. The van der Waals surface area contributed by atoms with E-state index in [1.54, 1.807) is 13.8 Å². The Morgan fingerprint density at radius 1 is 1.40 bits per heavy atom.